The molecule has 2 saturated heterocycles. The van der Waals surface area contributed by atoms with Crippen molar-refractivity contribution in [3.05, 3.63) is 77.8 Å². The molecule has 2 aliphatic rings. The van der Waals surface area contributed by atoms with Crippen LogP contribution in [0.1, 0.15) is 37.1 Å². The fraction of sp³-hybridized carbons (Fsp3) is 0.310. The molecular formula is C29H30N2O6. The number of hydrogen-bond acceptors (Lipinski definition) is 7. The summed E-state index contributed by atoms with van der Waals surface area (Å²) in [5.74, 6) is 0.0325. The lowest BCUT2D eigenvalue weighted by Crippen LogP contribution is -2.33. The Labute approximate surface area is 215 Å². The highest BCUT2D eigenvalue weighted by Crippen LogP contribution is 2.44. The molecule has 1 amide bonds. The molecule has 1 N–H and O–H groups in total. The number of rotatable bonds is 6. The molecule has 8 nitrogen and oxygen atoms in total. The molecule has 3 heterocycles. The Morgan fingerprint density at radius 2 is 1.68 bits per heavy atom. The van der Waals surface area contributed by atoms with Crippen molar-refractivity contribution in [1.82, 2.24) is 0 Å². The highest BCUT2D eigenvalue weighted by atomic mass is 16.5. The molecule has 1 unspecified atom stereocenters. The van der Waals surface area contributed by atoms with E-state index in [9.17, 15) is 14.7 Å². The first-order chi connectivity index (χ1) is 17.9. The normalized spacial score (nSPS) is 19.9. The van der Waals surface area contributed by atoms with Crippen LogP contribution >= 0.6 is 0 Å². The minimum atomic E-state index is -0.941. The number of amides is 1. The third kappa shape index (κ3) is 4.43. The number of Topliss-reactive ketones (excluding diaryl/α,β-unsaturated/α-hetero) is 1. The second kappa shape index (κ2) is 10.0. The molecule has 1 aromatic heterocycles. The second-order valence-corrected chi connectivity index (χ2v) is 9.44. The number of hydrogen-bond donors (Lipinski definition) is 1. The first-order valence-corrected chi connectivity index (χ1v) is 12.3. The van der Waals surface area contributed by atoms with E-state index in [0.717, 1.165) is 37.5 Å². The summed E-state index contributed by atoms with van der Waals surface area (Å²) in [6.07, 6.45) is 3.76. The van der Waals surface area contributed by atoms with E-state index in [2.05, 4.69) is 11.8 Å². The van der Waals surface area contributed by atoms with Gasteiger partial charge in [-0.1, -0.05) is 6.92 Å². The van der Waals surface area contributed by atoms with Gasteiger partial charge in [0.05, 0.1) is 31.6 Å². The van der Waals surface area contributed by atoms with Gasteiger partial charge < -0.3 is 23.9 Å². The van der Waals surface area contributed by atoms with Gasteiger partial charge in [-0.25, -0.2) is 0 Å². The van der Waals surface area contributed by atoms with Crippen LogP contribution in [0.2, 0.25) is 0 Å². The van der Waals surface area contributed by atoms with Gasteiger partial charge in [0.25, 0.3) is 11.7 Å². The molecule has 8 heteroatoms. The SMILES string of the molecule is COc1ccc(/C(O)=C2/C(=O)C(=O)N(c3ccc(N4CCC(C)CC4)cc3)C2c2ccco2)c(OC)c1. The summed E-state index contributed by atoms with van der Waals surface area (Å²) in [4.78, 5) is 30.4. The van der Waals surface area contributed by atoms with E-state index in [1.807, 2.05) is 24.3 Å². The van der Waals surface area contributed by atoms with Crippen LogP contribution in [-0.4, -0.2) is 44.1 Å². The van der Waals surface area contributed by atoms with E-state index in [1.165, 1.54) is 25.4 Å². The lowest BCUT2D eigenvalue weighted by atomic mass is 9.98. The van der Waals surface area contributed by atoms with Crippen LogP contribution in [0.25, 0.3) is 5.76 Å². The minimum Gasteiger partial charge on any atom is -0.507 e. The van der Waals surface area contributed by atoms with Crippen molar-refractivity contribution in [2.45, 2.75) is 25.8 Å². The van der Waals surface area contributed by atoms with Crippen LogP contribution in [0, 0.1) is 5.92 Å². The number of piperidine rings is 1. The van der Waals surface area contributed by atoms with Gasteiger partial charge in [-0.15, -0.1) is 0 Å². The van der Waals surface area contributed by atoms with Crippen molar-refractivity contribution in [2.75, 3.05) is 37.1 Å². The molecule has 5 rings (SSSR count). The Bertz CT molecular complexity index is 1320. The summed E-state index contributed by atoms with van der Waals surface area (Å²) in [7, 11) is 2.98. The number of carbonyl (C=O) groups excluding carboxylic acids is 2. The summed E-state index contributed by atoms with van der Waals surface area (Å²) in [6, 6.07) is 14.9. The molecule has 0 aliphatic carbocycles. The van der Waals surface area contributed by atoms with Gasteiger partial charge in [-0.3, -0.25) is 14.5 Å². The molecule has 0 bridgehead atoms. The number of furan rings is 1. The van der Waals surface area contributed by atoms with Crippen molar-refractivity contribution in [3.8, 4) is 11.5 Å². The van der Waals surface area contributed by atoms with Crippen molar-refractivity contribution in [2.24, 2.45) is 5.92 Å². The summed E-state index contributed by atoms with van der Waals surface area (Å²) < 4.78 is 16.3. The molecular weight excluding hydrogens is 472 g/mol. The number of methoxy groups -OCH3 is 2. The van der Waals surface area contributed by atoms with Gasteiger partial charge in [0.2, 0.25) is 0 Å². The van der Waals surface area contributed by atoms with Crippen molar-refractivity contribution >= 4 is 28.8 Å². The molecule has 0 spiro atoms. The predicted octanol–water partition coefficient (Wildman–Crippen LogP) is 5.16. The minimum absolute atomic E-state index is 0.0717. The first-order valence-electron chi connectivity index (χ1n) is 12.3. The Morgan fingerprint density at radius 1 is 0.973 bits per heavy atom. The van der Waals surface area contributed by atoms with Crippen molar-refractivity contribution in [3.63, 3.8) is 0 Å². The van der Waals surface area contributed by atoms with Crippen molar-refractivity contribution in [1.29, 1.82) is 0 Å². The van der Waals surface area contributed by atoms with E-state index in [1.54, 1.807) is 30.3 Å². The molecule has 2 aliphatic heterocycles. The molecule has 0 saturated carbocycles. The average Bonchev–Trinajstić information content (AvgIpc) is 3.55. The van der Waals surface area contributed by atoms with Gasteiger partial charge in [0.15, 0.2) is 0 Å². The third-order valence-electron chi connectivity index (χ3n) is 7.20. The van der Waals surface area contributed by atoms with Crippen LogP contribution in [-0.2, 0) is 9.59 Å². The molecule has 0 radical (unpaired) electrons. The Kier molecular flexibility index (Phi) is 6.65. The van der Waals surface area contributed by atoms with E-state index in [-0.39, 0.29) is 16.9 Å². The maximum absolute atomic E-state index is 13.4. The smallest absolute Gasteiger partial charge is 0.300 e. The number of aliphatic hydroxyl groups excluding tert-OH is 1. The summed E-state index contributed by atoms with van der Waals surface area (Å²) >= 11 is 0. The maximum Gasteiger partial charge on any atom is 0.300 e. The van der Waals surface area contributed by atoms with Crippen molar-refractivity contribution < 1.29 is 28.6 Å². The molecule has 1 atom stereocenters. The van der Waals surface area contributed by atoms with Gasteiger partial charge in [0.1, 0.15) is 29.1 Å². The number of aliphatic hydroxyl groups is 1. The second-order valence-electron chi connectivity index (χ2n) is 9.44. The molecule has 37 heavy (non-hydrogen) atoms. The van der Waals surface area contributed by atoms with E-state index in [0.29, 0.717) is 22.9 Å². The zero-order valence-corrected chi connectivity index (χ0v) is 21.1. The lowest BCUT2D eigenvalue weighted by molar-refractivity contribution is -0.132. The summed E-state index contributed by atoms with van der Waals surface area (Å²) in [6.45, 7) is 4.25. The largest absolute Gasteiger partial charge is 0.507 e. The van der Waals surface area contributed by atoms with Gasteiger partial charge >= 0.3 is 0 Å². The van der Waals surface area contributed by atoms with E-state index in [4.69, 9.17) is 13.9 Å². The molecule has 192 valence electrons. The average molecular weight is 503 g/mol. The van der Waals surface area contributed by atoms with Gasteiger partial charge in [-0.05, 0) is 67.3 Å². The highest BCUT2D eigenvalue weighted by Gasteiger charge is 2.48. The summed E-state index contributed by atoms with van der Waals surface area (Å²) in [5, 5.41) is 11.4. The number of anilines is 2. The van der Waals surface area contributed by atoms with Crippen LogP contribution in [0.5, 0.6) is 11.5 Å². The third-order valence-corrected chi connectivity index (χ3v) is 7.20. The van der Waals surface area contributed by atoms with Crippen LogP contribution in [0.3, 0.4) is 0 Å². The zero-order valence-electron chi connectivity index (χ0n) is 21.1. The standard InChI is InChI=1S/C29H30N2O6/c1-18-12-14-30(15-13-18)19-6-8-20(9-7-19)31-26(23-5-4-16-37-23)25(28(33)29(31)34)27(32)22-11-10-21(35-2)17-24(22)36-3/h4-11,16-18,26,32H,12-15H2,1-3H3/b27-25-. The van der Waals surface area contributed by atoms with Gasteiger partial charge in [0, 0.05) is 30.5 Å². The first kappa shape index (κ1) is 24.5. The fourth-order valence-corrected chi connectivity index (χ4v) is 5.04. The zero-order chi connectivity index (χ0) is 26.1. The number of carbonyl (C=O) groups is 2. The Morgan fingerprint density at radius 3 is 2.30 bits per heavy atom. The fourth-order valence-electron chi connectivity index (χ4n) is 5.04. The van der Waals surface area contributed by atoms with Crippen LogP contribution in [0.15, 0.2) is 70.9 Å². The number of ketones is 1. The topological polar surface area (TPSA) is 92.5 Å². The Balaban J connectivity index is 1.57. The predicted molar refractivity (Wildman–Crippen MR) is 140 cm³/mol. The van der Waals surface area contributed by atoms with E-state index < -0.39 is 17.7 Å². The van der Waals surface area contributed by atoms with E-state index >= 15 is 0 Å². The maximum atomic E-state index is 13.4. The molecule has 2 aromatic carbocycles. The number of ether oxygens (including phenoxy) is 2. The summed E-state index contributed by atoms with van der Waals surface area (Å²) in [5.41, 5.74) is 1.81. The Hall–Kier alpha value is -4.20. The monoisotopic (exact) mass is 502 g/mol. The van der Waals surface area contributed by atoms with Crippen LogP contribution in [0.4, 0.5) is 11.4 Å². The lowest BCUT2D eigenvalue weighted by Gasteiger charge is -2.32. The van der Waals surface area contributed by atoms with Gasteiger partial charge in [-0.2, -0.15) is 0 Å². The number of nitrogens with zero attached hydrogens (tertiary/aromatic N) is 2. The quantitative estimate of drug-likeness (QED) is 0.283. The van der Waals surface area contributed by atoms with Crippen LogP contribution < -0.4 is 19.3 Å². The number of benzene rings is 2. The molecule has 2 fully saturated rings. The molecule has 3 aromatic rings. The highest BCUT2D eigenvalue weighted by molar-refractivity contribution is 6.51.